The Morgan fingerprint density at radius 2 is 2.15 bits per heavy atom. The highest BCUT2D eigenvalue weighted by molar-refractivity contribution is 5.14. The minimum atomic E-state index is 1.11. The summed E-state index contributed by atoms with van der Waals surface area (Å²) in [4.78, 5) is 0. The van der Waals surface area contributed by atoms with Gasteiger partial charge in [0.1, 0.15) is 0 Å². The van der Waals surface area contributed by atoms with Crippen molar-refractivity contribution < 1.29 is 4.48 Å². The summed E-state index contributed by atoms with van der Waals surface area (Å²) in [7, 11) is 4.62. The van der Waals surface area contributed by atoms with Gasteiger partial charge in [0, 0.05) is 0 Å². The standard InChI is InChI=1S/C12H21N/c1-4-5-10-13(2,3)11-12-8-6-7-9-12/h6-9H,4-5,10-11H2,1-3H3. The van der Waals surface area contributed by atoms with Crippen LogP contribution < -0.4 is 0 Å². The molecular formula is C12H21N. The van der Waals surface area contributed by atoms with Gasteiger partial charge >= 0.3 is 0 Å². The predicted octanol–water partition coefficient (Wildman–Crippen LogP) is 2.78. The summed E-state index contributed by atoms with van der Waals surface area (Å²) < 4.78 is 1.11. The van der Waals surface area contributed by atoms with Gasteiger partial charge in [-0.1, -0.05) is 13.3 Å². The summed E-state index contributed by atoms with van der Waals surface area (Å²) in [5.41, 5.74) is 1.46. The van der Waals surface area contributed by atoms with E-state index in [0.717, 1.165) is 11.0 Å². The molecule has 0 aliphatic carbocycles. The fourth-order valence-corrected chi connectivity index (χ4v) is 1.68. The lowest BCUT2D eigenvalue weighted by Crippen LogP contribution is -2.39. The summed E-state index contributed by atoms with van der Waals surface area (Å²) in [5.74, 6) is 0. The number of hydrogen-bond acceptors (Lipinski definition) is 0. The highest BCUT2D eigenvalue weighted by Gasteiger charge is 2.11. The molecule has 0 bridgehead atoms. The third-order valence-corrected chi connectivity index (χ3v) is 2.46. The molecule has 0 aromatic heterocycles. The summed E-state index contributed by atoms with van der Waals surface area (Å²) >= 11 is 0. The molecular weight excluding hydrogens is 158 g/mol. The predicted molar refractivity (Wildman–Crippen MR) is 57.6 cm³/mol. The summed E-state index contributed by atoms with van der Waals surface area (Å²) in [6.07, 6.45) is 2.62. The molecule has 1 nitrogen and oxygen atoms in total. The van der Waals surface area contributed by atoms with Crippen LogP contribution >= 0.6 is 0 Å². The van der Waals surface area contributed by atoms with E-state index >= 15 is 0 Å². The molecule has 0 atom stereocenters. The quantitative estimate of drug-likeness (QED) is 0.481. The smallest absolute Gasteiger partial charge is 0.0776 e. The third kappa shape index (κ3) is 3.69. The molecule has 13 heavy (non-hydrogen) atoms. The molecule has 1 aromatic rings. The average Bonchev–Trinajstić information content (AvgIpc) is 2.52. The van der Waals surface area contributed by atoms with E-state index in [9.17, 15) is 0 Å². The average molecular weight is 179 g/mol. The van der Waals surface area contributed by atoms with Crippen LogP contribution in [-0.2, 0) is 6.54 Å². The zero-order valence-electron chi connectivity index (χ0n) is 9.09. The van der Waals surface area contributed by atoms with E-state index < -0.39 is 0 Å². The number of hydrogen-bond donors (Lipinski definition) is 0. The molecule has 74 valence electrons. The van der Waals surface area contributed by atoms with Gasteiger partial charge in [0.2, 0.25) is 0 Å². The maximum Gasteiger partial charge on any atom is 0.0776 e. The van der Waals surface area contributed by atoms with Crippen LogP contribution in [0.4, 0.5) is 0 Å². The largest absolute Gasteiger partial charge is 0.335 e. The monoisotopic (exact) mass is 179 g/mol. The summed E-state index contributed by atoms with van der Waals surface area (Å²) in [6.45, 7) is 4.69. The van der Waals surface area contributed by atoms with Crippen LogP contribution in [0.5, 0.6) is 0 Å². The van der Waals surface area contributed by atoms with Gasteiger partial charge in [-0.05, 0) is 6.42 Å². The molecule has 0 N–H and O–H groups in total. The molecule has 0 amide bonds. The summed E-state index contributed by atoms with van der Waals surface area (Å²) in [6, 6.07) is 8.67. The SMILES string of the molecule is CCCC[N+](C)(C)Cc1cc[cH-]c1. The Bertz CT molecular complexity index is 221. The maximum absolute atomic E-state index is 2.31. The van der Waals surface area contributed by atoms with Crippen molar-refractivity contribution >= 4 is 0 Å². The van der Waals surface area contributed by atoms with Gasteiger partial charge < -0.3 is 4.48 Å². The fourth-order valence-electron chi connectivity index (χ4n) is 1.68. The molecule has 0 heterocycles. The van der Waals surface area contributed by atoms with Crippen LogP contribution in [0.3, 0.4) is 0 Å². The molecule has 0 saturated carbocycles. The Hall–Kier alpha value is -0.690. The lowest BCUT2D eigenvalue weighted by molar-refractivity contribution is -0.903. The van der Waals surface area contributed by atoms with Gasteiger partial charge in [-0.15, -0.1) is 5.56 Å². The van der Waals surface area contributed by atoms with Crippen LogP contribution in [0, 0.1) is 0 Å². The molecule has 0 aliphatic rings. The minimum absolute atomic E-state index is 1.11. The Labute approximate surface area is 81.9 Å². The van der Waals surface area contributed by atoms with Crippen molar-refractivity contribution in [3.05, 3.63) is 29.8 Å². The number of rotatable bonds is 5. The highest BCUT2D eigenvalue weighted by atomic mass is 15.3. The van der Waals surface area contributed by atoms with Gasteiger partial charge in [0.05, 0.1) is 27.2 Å². The van der Waals surface area contributed by atoms with Crippen molar-refractivity contribution in [1.82, 2.24) is 0 Å². The number of nitrogens with zero attached hydrogens (tertiary/aromatic N) is 1. The lowest BCUT2D eigenvalue weighted by Gasteiger charge is -2.31. The number of quaternary nitrogens is 1. The number of unbranched alkanes of at least 4 members (excludes halogenated alkanes) is 1. The van der Waals surface area contributed by atoms with Crippen LogP contribution in [0.15, 0.2) is 24.3 Å². The fraction of sp³-hybridized carbons (Fsp3) is 0.583. The molecule has 0 unspecified atom stereocenters. The van der Waals surface area contributed by atoms with Crippen LogP contribution in [0.25, 0.3) is 0 Å². The van der Waals surface area contributed by atoms with Crippen molar-refractivity contribution in [2.75, 3.05) is 20.6 Å². The second-order valence-electron chi connectivity index (χ2n) is 4.46. The van der Waals surface area contributed by atoms with E-state index in [2.05, 4.69) is 45.3 Å². The van der Waals surface area contributed by atoms with Crippen molar-refractivity contribution in [2.24, 2.45) is 0 Å². The van der Waals surface area contributed by atoms with Gasteiger partial charge in [0.25, 0.3) is 0 Å². The zero-order chi connectivity index (χ0) is 9.73. The van der Waals surface area contributed by atoms with Crippen LogP contribution in [0.2, 0.25) is 0 Å². The van der Waals surface area contributed by atoms with E-state index in [0.29, 0.717) is 0 Å². The Morgan fingerprint density at radius 3 is 2.69 bits per heavy atom. The van der Waals surface area contributed by atoms with Crippen molar-refractivity contribution in [3.8, 4) is 0 Å². The van der Waals surface area contributed by atoms with E-state index in [-0.39, 0.29) is 0 Å². The summed E-state index contributed by atoms with van der Waals surface area (Å²) in [5, 5.41) is 0. The normalized spacial score (nSPS) is 11.9. The second-order valence-corrected chi connectivity index (χ2v) is 4.46. The van der Waals surface area contributed by atoms with Gasteiger partial charge in [-0.25, -0.2) is 6.07 Å². The van der Waals surface area contributed by atoms with Gasteiger partial charge in [0.15, 0.2) is 0 Å². The molecule has 0 spiro atoms. The highest BCUT2D eigenvalue weighted by Crippen LogP contribution is 2.10. The Balaban J connectivity index is 2.42. The molecule has 0 fully saturated rings. The van der Waals surface area contributed by atoms with Crippen molar-refractivity contribution in [2.45, 2.75) is 26.3 Å². The molecule has 1 heteroatoms. The van der Waals surface area contributed by atoms with E-state index in [1.165, 1.54) is 24.9 Å². The zero-order valence-corrected chi connectivity index (χ0v) is 9.09. The Morgan fingerprint density at radius 1 is 1.38 bits per heavy atom. The maximum atomic E-state index is 2.31. The topological polar surface area (TPSA) is 0 Å². The van der Waals surface area contributed by atoms with Gasteiger partial charge in [-0.2, -0.15) is 18.2 Å². The molecule has 0 saturated heterocycles. The first-order valence-electron chi connectivity index (χ1n) is 5.16. The van der Waals surface area contributed by atoms with E-state index in [1.807, 2.05) is 0 Å². The minimum Gasteiger partial charge on any atom is -0.335 e. The van der Waals surface area contributed by atoms with Crippen molar-refractivity contribution in [1.29, 1.82) is 0 Å². The third-order valence-electron chi connectivity index (χ3n) is 2.46. The lowest BCUT2D eigenvalue weighted by atomic mass is 10.2. The van der Waals surface area contributed by atoms with Crippen molar-refractivity contribution in [3.63, 3.8) is 0 Å². The van der Waals surface area contributed by atoms with E-state index in [1.54, 1.807) is 0 Å². The van der Waals surface area contributed by atoms with Gasteiger partial charge in [-0.3, -0.25) is 0 Å². The molecule has 0 radical (unpaired) electrons. The van der Waals surface area contributed by atoms with Crippen LogP contribution in [0.1, 0.15) is 25.3 Å². The van der Waals surface area contributed by atoms with E-state index in [4.69, 9.17) is 0 Å². The second kappa shape index (κ2) is 4.52. The molecule has 1 rings (SSSR count). The molecule has 1 aromatic carbocycles. The molecule has 0 aliphatic heterocycles. The Kier molecular flexibility index (Phi) is 3.61. The first-order chi connectivity index (χ1) is 6.14. The van der Waals surface area contributed by atoms with Crippen LogP contribution in [-0.4, -0.2) is 25.1 Å². The first-order valence-corrected chi connectivity index (χ1v) is 5.16. The first kappa shape index (κ1) is 10.4.